The number of benzene rings is 6. The maximum absolute atomic E-state index is 5.53. The average molecular weight is 619 g/mol. The van der Waals surface area contributed by atoms with Crippen LogP contribution in [0.5, 0.6) is 0 Å². The van der Waals surface area contributed by atoms with E-state index in [1.807, 2.05) is 0 Å². The molecule has 0 amide bonds. The third-order valence-electron chi connectivity index (χ3n) is 10.1. The summed E-state index contributed by atoms with van der Waals surface area (Å²) in [6.45, 7) is 4.86. The van der Waals surface area contributed by atoms with Crippen LogP contribution in [-0.4, -0.2) is 27.2 Å². The standard InChI is InChI=1S/C42H30N4Si/c1-47(2)38-25-12-7-20-33(38)39-41(46-36-23-10-5-18-31(36)32-19-6-11-24-37(32)46)43-40(44-42(39)47)27-14-13-15-28(26-27)45-34-21-8-3-16-29(34)30-17-4-9-22-35(30)45/h3-26H,1-2H3. The molecule has 0 aliphatic carbocycles. The Kier molecular flexibility index (Phi) is 5.41. The van der Waals surface area contributed by atoms with Crippen LogP contribution in [0.15, 0.2) is 146 Å². The van der Waals surface area contributed by atoms with Gasteiger partial charge in [0.05, 0.1) is 22.1 Å². The zero-order chi connectivity index (χ0) is 31.3. The summed E-state index contributed by atoms with van der Waals surface area (Å²) in [6.07, 6.45) is 0. The quantitative estimate of drug-likeness (QED) is 0.185. The van der Waals surface area contributed by atoms with Crippen molar-refractivity contribution in [1.29, 1.82) is 0 Å². The first-order valence-corrected chi connectivity index (χ1v) is 19.2. The number of hydrogen-bond donors (Lipinski definition) is 0. The smallest absolute Gasteiger partial charge is 0.161 e. The highest BCUT2D eigenvalue weighted by molar-refractivity contribution is 7.03. The Balaban J connectivity index is 1.28. The Morgan fingerprint density at radius 3 is 1.60 bits per heavy atom. The van der Waals surface area contributed by atoms with Crippen molar-refractivity contribution in [3.63, 3.8) is 0 Å². The van der Waals surface area contributed by atoms with Gasteiger partial charge in [-0.2, -0.15) is 0 Å². The third-order valence-corrected chi connectivity index (χ3v) is 13.4. The molecule has 9 aromatic rings. The van der Waals surface area contributed by atoms with Gasteiger partial charge in [-0.1, -0.05) is 122 Å². The van der Waals surface area contributed by atoms with Crippen molar-refractivity contribution in [3.05, 3.63) is 146 Å². The Morgan fingerprint density at radius 2 is 1.00 bits per heavy atom. The minimum absolute atomic E-state index is 0.761. The zero-order valence-corrected chi connectivity index (χ0v) is 27.1. The number of fused-ring (bicyclic) bond motifs is 9. The first-order valence-electron chi connectivity index (χ1n) is 16.2. The van der Waals surface area contributed by atoms with Gasteiger partial charge in [0.2, 0.25) is 0 Å². The predicted molar refractivity (Wildman–Crippen MR) is 198 cm³/mol. The molecule has 0 saturated carbocycles. The van der Waals surface area contributed by atoms with Crippen LogP contribution in [0.2, 0.25) is 13.1 Å². The van der Waals surface area contributed by atoms with E-state index in [1.165, 1.54) is 54.2 Å². The van der Waals surface area contributed by atoms with Gasteiger partial charge in [0.15, 0.2) is 5.82 Å². The summed E-state index contributed by atoms with van der Waals surface area (Å²) in [5, 5.41) is 7.58. The average Bonchev–Trinajstić information content (AvgIpc) is 3.72. The van der Waals surface area contributed by atoms with Crippen molar-refractivity contribution < 1.29 is 0 Å². The number of hydrogen-bond acceptors (Lipinski definition) is 2. The second-order valence-electron chi connectivity index (χ2n) is 13.1. The largest absolute Gasteiger partial charge is 0.309 e. The van der Waals surface area contributed by atoms with Crippen LogP contribution in [0.25, 0.3) is 77.6 Å². The Hall–Kier alpha value is -5.78. The lowest BCUT2D eigenvalue weighted by Gasteiger charge is -2.19. The summed E-state index contributed by atoms with van der Waals surface area (Å²) < 4.78 is 4.74. The van der Waals surface area contributed by atoms with E-state index in [0.29, 0.717) is 0 Å². The number of rotatable bonds is 3. The van der Waals surface area contributed by atoms with E-state index in [1.54, 1.807) is 0 Å². The molecule has 0 unspecified atom stereocenters. The van der Waals surface area contributed by atoms with Crippen LogP contribution in [0.4, 0.5) is 0 Å². The van der Waals surface area contributed by atoms with E-state index in [-0.39, 0.29) is 0 Å². The molecule has 0 fully saturated rings. The van der Waals surface area contributed by atoms with Crippen molar-refractivity contribution in [2.75, 3.05) is 0 Å². The Morgan fingerprint density at radius 1 is 0.489 bits per heavy atom. The third kappa shape index (κ3) is 3.63. The lowest BCUT2D eigenvalue weighted by Crippen LogP contribution is -2.51. The van der Waals surface area contributed by atoms with Crippen molar-refractivity contribution >= 4 is 62.2 Å². The van der Waals surface area contributed by atoms with E-state index in [9.17, 15) is 0 Å². The lowest BCUT2D eigenvalue weighted by atomic mass is 10.1. The molecule has 4 nitrogen and oxygen atoms in total. The molecule has 222 valence electrons. The van der Waals surface area contributed by atoms with Crippen molar-refractivity contribution in [2.45, 2.75) is 13.1 Å². The van der Waals surface area contributed by atoms with Crippen molar-refractivity contribution in [2.24, 2.45) is 0 Å². The van der Waals surface area contributed by atoms with Gasteiger partial charge < -0.3 is 4.57 Å². The summed E-state index contributed by atoms with van der Waals surface area (Å²) >= 11 is 0. The Bertz CT molecular complexity index is 2620. The van der Waals surface area contributed by atoms with Crippen LogP contribution < -0.4 is 10.5 Å². The minimum Gasteiger partial charge on any atom is -0.309 e. The molecular formula is C42H30N4Si. The molecule has 5 heteroatoms. The van der Waals surface area contributed by atoms with Crippen LogP contribution in [0.1, 0.15) is 0 Å². The van der Waals surface area contributed by atoms with Crippen LogP contribution in [0, 0.1) is 0 Å². The van der Waals surface area contributed by atoms with Gasteiger partial charge in [-0.15, -0.1) is 0 Å². The normalized spacial score (nSPS) is 13.5. The number of para-hydroxylation sites is 4. The molecular weight excluding hydrogens is 589 g/mol. The molecule has 10 rings (SSSR count). The van der Waals surface area contributed by atoms with E-state index < -0.39 is 8.07 Å². The molecule has 1 aliphatic heterocycles. The van der Waals surface area contributed by atoms with E-state index in [2.05, 4.69) is 168 Å². The molecule has 6 aromatic carbocycles. The van der Waals surface area contributed by atoms with Gasteiger partial charge in [0, 0.05) is 43.7 Å². The van der Waals surface area contributed by atoms with Crippen molar-refractivity contribution in [1.82, 2.24) is 19.1 Å². The van der Waals surface area contributed by atoms with Gasteiger partial charge in [0.1, 0.15) is 13.9 Å². The monoisotopic (exact) mass is 618 g/mol. The first kappa shape index (κ1) is 26.4. The summed E-state index contributed by atoms with van der Waals surface area (Å²) in [7, 11) is -2.13. The van der Waals surface area contributed by atoms with Gasteiger partial charge in [0.25, 0.3) is 0 Å². The maximum atomic E-state index is 5.53. The minimum atomic E-state index is -2.13. The Labute approximate surface area is 273 Å². The van der Waals surface area contributed by atoms with Gasteiger partial charge >= 0.3 is 0 Å². The number of nitrogens with zero attached hydrogens (tertiary/aromatic N) is 4. The molecule has 0 radical (unpaired) electrons. The van der Waals surface area contributed by atoms with Crippen molar-refractivity contribution in [3.8, 4) is 34.0 Å². The number of aromatic nitrogens is 4. The topological polar surface area (TPSA) is 35.6 Å². The van der Waals surface area contributed by atoms with E-state index in [0.717, 1.165) is 33.9 Å². The summed E-state index contributed by atoms with van der Waals surface area (Å²) in [4.78, 5) is 11.0. The van der Waals surface area contributed by atoms with Gasteiger partial charge in [-0.3, -0.25) is 4.57 Å². The molecule has 0 bridgehead atoms. The van der Waals surface area contributed by atoms with E-state index >= 15 is 0 Å². The highest BCUT2D eigenvalue weighted by atomic mass is 28.3. The maximum Gasteiger partial charge on any atom is 0.161 e. The van der Waals surface area contributed by atoms with E-state index in [4.69, 9.17) is 9.97 Å². The molecule has 0 saturated heterocycles. The summed E-state index contributed by atoms with van der Waals surface area (Å²) in [5.74, 6) is 1.71. The second-order valence-corrected chi connectivity index (χ2v) is 17.3. The zero-order valence-electron chi connectivity index (χ0n) is 26.1. The summed E-state index contributed by atoms with van der Waals surface area (Å²) in [6, 6.07) is 52.3. The molecule has 0 N–H and O–H groups in total. The lowest BCUT2D eigenvalue weighted by molar-refractivity contribution is 1.06. The van der Waals surface area contributed by atoms with Crippen LogP contribution in [-0.2, 0) is 0 Å². The van der Waals surface area contributed by atoms with Gasteiger partial charge in [-0.05, 0) is 47.1 Å². The first-order chi connectivity index (χ1) is 23.1. The summed E-state index contributed by atoms with van der Waals surface area (Å²) in [5.41, 5.74) is 9.24. The highest BCUT2D eigenvalue weighted by Gasteiger charge is 2.42. The molecule has 47 heavy (non-hydrogen) atoms. The highest BCUT2D eigenvalue weighted by Crippen LogP contribution is 2.39. The molecule has 4 heterocycles. The van der Waals surface area contributed by atoms with Gasteiger partial charge in [-0.25, -0.2) is 9.97 Å². The fraction of sp³-hybridized carbons (Fsp3) is 0.0476. The fourth-order valence-electron chi connectivity index (χ4n) is 7.95. The fourth-order valence-corrected chi connectivity index (χ4v) is 10.9. The van der Waals surface area contributed by atoms with Crippen LogP contribution >= 0.6 is 0 Å². The molecule has 3 aromatic heterocycles. The predicted octanol–water partition coefficient (Wildman–Crippen LogP) is 9.14. The second kappa shape index (κ2) is 9.61. The molecule has 0 atom stereocenters. The molecule has 1 aliphatic rings. The molecule has 0 spiro atoms. The SMILES string of the molecule is C[Si]1(C)c2ccccc2-c2c(-n3c4ccccc4c4ccccc43)nc(-c3cccc(-n4c5ccccc5c5ccccc54)c3)nc21. The van der Waals surface area contributed by atoms with Crippen LogP contribution in [0.3, 0.4) is 0 Å².